The summed E-state index contributed by atoms with van der Waals surface area (Å²) in [6.45, 7) is 0. The van der Waals surface area contributed by atoms with Crippen LogP contribution in [0.3, 0.4) is 0 Å². The molecule has 1 N–H and O–H groups in total. The first-order valence-electron chi connectivity index (χ1n) is 7.46. The quantitative estimate of drug-likeness (QED) is 0.422. The molecule has 26 heavy (non-hydrogen) atoms. The molecule has 1 amide bonds. The van der Waals surface area contributed by atoms with Crippen LogP contribution >= 0.6 is 31.9 Å². The van der Waals surface area contributed by atoms with Crippen molar-refractivity contribution in [2.75, 3.05) is 14.2 Å². The van der Waals surface area contributed by atoms with E-state index >= 15 is 0 Å². The second-order valence-corrected chi connectivity index (χ2v) is 6.99. The van der Waals surface area contributed by atoms with Gasteiger partial charge in [-0.25, -0.2) is 5.43 Å². The van der Waals surface area contributed by atoms with Crippen LogP contribution in [-0.2, 0) is 0 Å². The molecule has 0 bridgehead atoms. The van der Waals surface area contributed by atoms with E-state index in [1.807, 2.05) is 12.1 Å². The molecular weight excluding hydrogens is 468 g/mol. The molecule has 6 nitrogen and oxygen atoms in total. The number of amides is 1. The number of hydrogen-bond donors (Lipinski definition) is 1. The van der Waals surface area contributed by atoms with Crippen LogP contribution in [0.4, 0.5) is 0 Å². The number of nitrogens with one attached hydrogen (secondary N) is 1. The lowest BCUT2D eigenvalue weighted by molar-refractivity contribution is 0.0929. The molecule has 8 heteroatoms. The van der Waals surface area contributed by atoms with Crippen LogP contribution < -0.4 is 14.9 Å². The van der Waals surface area contributed by atoms with Gasteiger partial charge in [-0.2, -0.15) is 5.10 Å². The fourth-order valence-corrected chi connectivity index (χ4v) is 3.67. The number of hydrogen-bond acceptors (Lipinski definition) is 5. The molecule has 0 aliphatic rings. The maximum atomic E-state index is 12.3. The van der Waals surface area contributed by atoms with Crippen molar-refractivity contribution in [3.63, 3.8) is 0 Å². The Balaban J connectivity index is 1.77. The van der Waals surface area contributed by atoms with Crippen LogP contribution in [0, 0.1) is 0 Å². The highest BCUT2D eigenvalue weighted by atomic mass is 79.9. The summed E-state index contributed by atoms with van der Waals surface area (Å²) >= 11 is 6.82. The van der Waals surface area contributed by atoms with Crippen molar-refractivity contribution in [3.05, 3.63) is 56.7 Å². The highest BCUT2D eigenvalue weighted by Gasteiger charge is 2.14. The maximum absolute atomic E-state index is 12.3. The van der Waals surface area contributed by atoms with E-state index in [2.05, 4.69) is 42.4 Å². The topological polar surface area (TPSA) is 73.1 Å². The van der Waals surface area contributed by atoms with Gasteiger partial charge in [0.05, 0.1) is 24.9 Å². The lowest BCUT2D eigenvalue weighted by Gasteiger charge is -2.06. The van der Waals surface area contributed by atoms with Crippen molar-refractivity contribution in [2.24, 2.45) is 5.10 Å². The first-order valence-corrected chi connectivity index (χ1v) is 9.04. The van der Waals surface area contributed by atoms with E-state index in [9.17, 15) is 4.79 Å². The van der Waals surface area contributed by atoms with Crippen molar-refractivity contribution in [1.29, 1.82) is 0 Å². The van der Waals surface area contributed by atoms with Crippen molar-refractivity contribution in [3.8, 4) is 11.5 Å². The van der Waals surface area contributed by atoms with Crippen LogP contribution in [0.5, 0.6) is 11.5 Å². The molecular formula is C18H14Br2N2O4. The number of furan rings is 1. The number of carbonyl (C=O) groups is 1. The smallest absolute Gasteiger partial charge is 0.307 e. The molecule has 134 valence electrons. The minimum absolute atomic E-state index is 0.164. The summed E-state index contributed by atoms with van der Waals surface area (Å²) in [7, 11) is 3.13. The SMILES string of the molecule is COc1ccc(/C=N\NC(=O)c2cc3cc(Br)cc(Br)c3o2)c(OC)c1. The third-order valence-corrected chi connectivity index (χ3v) is 4.62. The summed E-state index contributed by atoms with van der Waals surface area (Å²) in [6, 6.07) is 10.7. The van der Waals surface area contributed by atoms with Gasteiger partial charge in [0.2, 0.25) is 0 Å². The summed E-state index contributed by atoms with van der Waals surface area (Å²) in [5.41, 5.74) is 3.74. The third-order valence-electron chi connectivity index (χ3n) is 3.57. The van der Waals surface area contributed by atoms with Crippen LogP contribution in [-0.4, -0.2) is 26.3 Å². The Bertz CT molecular complexity index is 998. The van der Waals surface area contributed by atoms with Gasteiger partial charge in [0, 0.05) is 21.5 Å². The highest BCUT2D eigenvalue weighted by molar-refractivity contribution is 9.11. The van der Waals surface area contributed by atoms with Crippen LogP contribution in [0.15, 0.2) is 54.9 Å². The van der Waals surface area contributed by atoms with E-state index < -0.39 is 5.91 Å². The molecule has 0 atom stereocenters. The minimum atomic E-state index is -0.451. The van der Waals surface area contributed by atoms with Crippen molar-refractivity contribution < 1.29 is 18.7 Å². The van der Waals surface area contributed by atoms with Gasteiger partial charge in [-0.3, -0.25) is 4.79 Å². The van der Waals surface area contributed by atoms with Gasteiger partial charge in [-0.1, -0.05) is 15.9 Å². The molecule has 1 heterocycles. The van der Waals surface area contributed by atoms with Gasteiger partial charge in [-0.05, 0) is 46.3 Å². The van der Waals surface area contributed by atoms with Crippen molar-refractivity contribution >= 4 is 55.0 Å². The Labute approximate surface area is 166 Å². The van der Waals surface area contributed by atoms with E-state index in [1.165, 1.54) is 6.21 Å². The first-order chi connectivity index (χ1) is 12.5. The summed E-state index contributed by atoms with van der Waals surface area (Å²) < 4.78 is 17.7. The van der Waals surface area contributed by atoms with Crippen LogP contribution in [0.25, 0.3) is 11.0 Å². The van der Waals surface area contributed by atoms with Crippen molar-refractivity contribution in [1.82, 2.24) is 5.43 Å². The van der Waals surface area contributed by atoms with Gasteiger partial charge in [0.15, 0.2) is 5.76 Å². The molecule has 2 aromatic carbocycles. The highest BCUT2D eigenvalue weighted by Crippen LogP contribution is 2.31. The fraction of sp³-hybridized carbons (Fsp3) is 0.111. The Hall–Kier alpha value is -2.32. The lowest BCUT2D eigenvalue weighted by atomic mass is 10.2. The van der Waals surface area contributed by atoms with Gasteiger partial charge in [0.25, 0.3) is 0 Å². The van der Waals surface area contributed by atoms with Gasteiger partial charge >= 0.3 is 5.91 Å². The zero-order valence-corrected chi connectivity index (χ0v) is 17.0. The summed E-state index contributed by atoms with van der Waals surface area (Å²) in [4.78, 5) is 12.3. The number of fused-ring (bicyclic) bond motifs is 1. The Morgan fingerprint density at radius 3 is 2.69 bits per heavy atom. The molecule has 1 aromatic heterocycles. The number of hydrazone groups is 1. The molecule has 0 aliphatic heterocycles. The molecule has 3 aromatic rings. The summed E-state index contributed by atoms with van der Waals surface area (Å²) in [5.74, 6) is 0.965. The monoisotopic (exact) mass is 480 g/mol. The van der Waals surface area contributed by atoms with Gasteiger partial charge in [-0.15, -0.1) is 0 Å². The van der Waals surface area contributed by atoms with E-state index in [0.29, 0.717) is 22.6 Å². The number of carbonyl (C=O) groups excluding carboxylic acids is 1. The van der Waals surface area contributed by atoms with E-state index in [-0.39, 0.29) is 5.76 Å². The predicted octanol–water partition coefficient (Wildman–Crippen LogP) is 4.74. The number of nitrogens with zero attached hydrogens (tertiary/aromatic N) is 1. The van der Waals surface area contributed by atoms with E-state index in [4.69, 9.17) is 13.9 Å². The summed E-state index contributed by atoms with van der Waals surface area (Å²) in [5, 5.41) is 4.77. The van der Waals surface area contributed by atoms with Crippen LogP contribution in [0.2, 0.25) is 0 Å². The van der Waals surface area contributed by atoms with Crippen LogP contribution in [0.1, 0.15) is 16.1 Å². The second-order valence-electron chi connectivity index (χ2n) is 5.22. The Morgan fingerprint density at radius 2 is 1.96 bits per heavy atom. The van der Waals surface area contributed by atoms with E-state index in [0.717, 1.165) is 14.3 Å². The molecule has 0 spiro atoms. The Morgan fingerprint density at radius 1 is 1.15 bits per heavy atom. The molecule has 0 saturated heterocycles. The second kappa shape index (κ2) is 7.92. The largest absolute Gasteiger partial charge is 0.497 e. The average Bonchev–Trinajstić information content (AvgIpc) is 3.06. The molecule has 3 rings (SSSR count). The summed E-state index contributed by atoms with van der Waals surface area (Å²) in [6.07, 6.45) is 1.49. The predicted molar refractivity (Wildman–Crippen MR) is 106 cm³/mol. The standard InChI is InChI=1S/C18H14Br2N2O4/c1-24-13-4-3-10(15(8-13)25-2)9-21-22-18(23)16-6-11-5-12(19)7-14(20)17(11)26-16/h3-9H,1-2H3,(H,22,23)/b21-9-. The third kappa shape index (κ3) is 3.91. The maximum Gasteiger partial charge on any atom is 0.307 e. The normalized spacial score (nSPS) is 11.1. The zero-order valence-electron chi connectivity index (χ0n) is 13.9. The van der Waals surface area contributed by atoms with E-state index in [1.54, 1.807) is 38.5 Å². The molecule has 0 fully saturated rings. The number of ether oxygens (including phenoxy) is 2. The number of halogens is 2. The van der Waals surface area contributed by atoms with Crippen molar-refractivity contribution in [2.45, 2.75) is 0 Å². The molecule has 0 aliphatic carbocycles. The molecule has 0 radical (unpaired) electrons. The number of rotatable bonds is 5. The Kier molecular flexibility index (Phi) is 5.63. The van der Waals surface area contributed by atoms with Gasteiger partial charge < -0.3 is 13.9 Å². The first kappa shape index (κ1) is 18.5. The zero-order chi connectivity index (χ0) is 18.7. The molecule has 0 unspecified atom stereocenters. The lowest BCUT2D eigenvalue weighted by Crippen LogP contribution is -2.16. The number of benzene rings is 2. The minimum Gasteiger partial charge on any atom is -0.497 e. The average molecular weight is 482 g/mol. The van der Waals surface area contributed by atoms with Gasteiger partial charge in [0.1, 0.15) is 17.1 Å². The molecule has 0 saturated carbocycles. The fourth-order valence-electron chi connectivity index (χ4n) is 2.33. The number of methoxy groups -OCH3 is 2.